The first-order valence-electron chi connectivity index (χ1n) is 2.42. The highest BCUT2D eigenvalue weighted by molar-refractivity contribution is 9.10. The molecule has 0 aromatic carbocycles. The maximum absolute atomic E-state index is 5.30. The van der Waals surface area contributed by atoms with Gasteiger partial charge in [0.1, 0.15) is 0 Å². The van der Waals surface area contributed by atoms with E-state index in [-0.39, 0.29) is 0 Å². The van der Waals surface area contributed by atoms with Crippen LogP contribution in [0, 0.1) is 0 Å². The second-order valence-electron chi connectivity index (χ2n) is 1.50. The summed E-state index contributed by atoms with van der Waals surface area (Å²) in [7, 11) is 0. The highest BCUT2D eigenvalue weighted by Gasteiger charge is 1.92. The van der Waals surface area contributed by atoms with Gasteiger partial charge in [0, 0.05) is 6.20 Å². The Morgan fingerprint density at radius 1 is 1.56 bits per heavy atom. The highest BCUT2D eigenvalue weighted by atomic mass is 79.9. The molecule has 2 N–H and O–H groups in total. The number of hydrazine groups is 1. The molecule has 1 heterocycles. The Morgan fingerprint density at radius 2 is 2.33 bits per heavy atom. The molecule has 0 saturated carbocycles. The van der Waals surface area contributed by atoms with Crippen molar-refractivity contribution in [2.75, 3.05) is 4.03 Å². The third-order valence-electron chi connectivity index (χ3n) is 0.868. The summed E-state index contributed by atoms with van der Waals surface area (Å²) in [6, 6.07) is 5.50. The molecule has 0 saturated heterocycles. The van der Waals surface area contributed by atoms with Gasteiger partial charge in [-0.15, -0.1) is 0 Å². The monoisotopic (exact) mass is 187 g/mol. The molecule has 9 heavy (non-hydrogen) atoms. The van der Waals surface area contributed by atoms with E-state index in [2.05, 4.69) is 21.1 Å². The van der Waals surface area contributed by atoms with Gasteiger partial charge in [0.15, 0.2) is 5.82 Å². The largest absolute Gasteiger partial charge is 0.237 e. The lowest BCUT2D eigenvalue weighted by Gasteiger charge is -2.04. The molecule has 0 atom stereocenters. The van der Waals surface area contributed by atoms with Crippen molar-refractivity contribution in [2.24, 2.45) is 5.84 Å². The number of nitrogens with two attached hydrogens (primary N) is 1. The van der Waals surface area contributed by atoms with Gasteiger partial charge in [-0.2, -0.15) is 0 Å². The second-order valence-corrected chi connectivity index (χ2v) is 2.26. The van der Waals surface area contributed by atoms with Gasteiger partial charge in [-0.1, -0.05) is 6.07 Å². The van der Waals surface area contributed by atoms with Crippen LogP contribution in [-0.4, -0.2) is 4.98 Å². The van der Waals surface area contributed by atoms with Crippen molar-refractivity contribution in [1.29, 1.82) is 0 Å². The van der Waals surface area contributed by atoms with Crippen molar-refractivity contribution in [3.05, 3.63) is 24.4 Å². The van der Waals surface area contributed by atoms with Crippen LogP contribution >= 0.6 is 16.1 Å². The van der Waals surface area contributed by atoms with Crippen molar-refractivity contribution in [3.63, 3.8) is 0 Å². The summed E-state index contributed by atoms with van der Waals surface area (Å²) < 4.78 is 1.28. The molecular weight excluding hydrogens is 182 g/mol. The van der Waals surface area contributed by atoms with Crippen LogP contribution in [0.4, 0.5) is 5.82 Å². The number of rotatable bonds is 1. The van der Waals surface area contributed by atoms with E-state index >= 15 is 0 Å². The van der Waals surface area contributed by atoms with Gasteiger partial charge in [0.05, 0.1) is 16.1 Å². The molecular formula is C5H6BrN3. The fourth-order valence-corrected chi connectivity index (χ4v) is 0.690. The number of hydrogen-bond donors (Lipinski definition) is 1. The highest BCUT2D eigenvalue weighted by Crippen LogP contribution is 2.06. The summed E-state index contributed by atoms with van der Waals surface area (Å²) in [5.74, 6) is 5.99. The topological polar surface area (TPSA) is 42.1 Å². The third-order valence-corrected chi connectivity index (χ3v) is 1.23. The summed E-state index contributed by atoms with van der Waals surface area (Å²) in [5, 5.41) is 0. The Bertz CT molecular complexity index is 175. The predicted octanol–water partition coefficient (Wildman–Crippen LogP) is 1.07. The SMILES string of the molecule is NN(Br)c1ccccn1. The summed E-state index contributed by atoms with van der Waals surface area (Å²) in [5.41, 5.74) is 0. The lowest BCUT2D eigenvalue weighted by atomic mass is 10.5. The zero-order valence-electron chi connectivity index (χ0n) is 4.66. The van der Waals surface area contributed by atoms with Crippen LogP contribution in [0.5, 0.6) is 0 Å². The molecule has 0 spiro atoms. The van der Waals surface area contributed by atoms with E-state index < -0.39 is 0 Å². The predicted molar refractivity (Wildman–Crippen MR) is 39.8 cm³/mol. The van der Waals surface area contributed by atoms with Crippen LogP contribution in [-0.2, 0) is 0 Å². The molecule has 0 radical (unpaired) electrons. The standard InChI is InChI=1S/C5H6BrN3/c6-9(7)5-3-1-2-4-8-5/h1-4H,7H2. The minimum Gasteiger partial charge on any atom is -0.237 e. The zero-order chi connectivity index (χ0) is 6.69. The molecule has 0 aliphatic heterocycles. The first kappa shape index (κ1) is 6.51. The lowest BCUT2D eigenvalue weighted by molar-refractivity contribution is 1.15. The summed E-state index contributed by atoms with van der Waals surface area (Å²) in [6.07, 6.45) is 1.68. The van der Waals surface area contributed by atoms with E-state index in [1.54, 1.807) is 12.3 Å². The van der Waals surface area contributed by atoms with Crippen LogP contribution in [0.3, 0.4) is 0 Å². The lowest BCUT2D eigenvalue weighted by Crippen LogP contribution is -2.18. The number of aromatic nitrogens is 1. The fraction of sp³-hybridized carbons (Fsp3) is 0. The van der Waals surface area contributed by atoms with Crippen LogP contribution in [0.25, 0.3) is 0 Å². The molecule has 0 aliphatic rings. The van der Waals surface area contributed by atoms with Crippen LogP contribution < -0.4 is 9.88 Å². The van der Waals surface area contributed by atoms with Gasteiger partial charge in [-0.25, -0.2) is 14.9 Å². The molecule has 0 fully saturated rings. The van der Waals surface area contributed by atoms with E-state index in [9.17, 15) is 0 Å². The molecule has 4 heteroatoms. The van der Waals surface area contributed by atoms with Gasteiger partial charge in [0.2, 0.25) is 0 Å². The summed E-state index contributed by atoms with van der Waals surface area (Å²) in [4.78, 5) is 3.93. The number of hydrogen-bond acceptors (Lipinski definition) is 3. The van der Waals surface area contributed by atoms with Crippen molar-refractivity contribution in [2.45, 2.75) is 0 Å². The molecule has 0 amide bonds. The molecule has 48 valence electrons. The average molecular weight is 188 g/mol. The van der Waals surface area contributed by atoms with Crippen molar-refractivity contribution >= 4 is 22.0 Å². The van der Waals surface area contributed by atoms with E-state index in [1.807, 2.05) is 12.1 Å². The molecule has 0 aliphatic carbocycles. The van der Waals surface area contributed by atoms with Gasteiger partial charge in [-0.3, -0.25) is 0 Å². The van der Waals surface area contributed by atoms with E-state index in [0.717, 1.165) is 0 Å². The smallest absolute Gasteiger partial charge is 0.153 e. The Morgan fingerprint density at radius 3 is 2.67 bits per heavy atom. The Balaban J connectivity index is 2.85. The quantitative estimate of drug-likeness (QED) is 0.407. The first-order chi connectivity index (χ1) is 4.30. The molecule has 0 unspecified atom stereocenters. The van der Waals surface area contributed by atoms with E-state index in [1.165, 1.54) is 4.03 Å². The molecule has 1 aromatic heterocycles. The zero-order valence-corrected chi connectivity index (χ0v) is 6.25. The van der Waals surface area contributed by atoms with E-state index in [0.29, 0.717) is 5.82 Å². The maximum atomic E-state index is 5.30. The van der Waals surface area contributed by atoms with Gasteiger partial charge in [0.25, 0.3) is 0 Å². The van der Waals surface area contributed by atoms with Crippen molar-refractivity contribution in [1.82, 2.24) is 4.98 Å². The molecule has 1 rings (SSSR count). The maximum Gasteiger partial charge on any atom is 0.153 e. The Labute approximate surface area is 61.8 Å². The fourth-order valence-electron chi connectivity index (χ4n) is 0.480. The number of anilines is 1. The second kappa shape index (κ2) is 2.80. The number of halogens is 1. The molecule has 0 bridgehead atoms. The third kappa shape index (κ3) is 1.65. The molecule has 3 nitrogen and oxygen atoms in total. The van der Waals surface area contributed by atoms with Gasteiger partial charge < -0.3 is 0 Å². The van der Waals surface area contributed by atoms with Gasteiger partial charge in [-0.05, 0) is 12.1 Å². The average Bonchev–Trinajstić information content (AvgIpc) is 1.90. The van der Waals surface area contributed by atoms with Crippen LogP contribution in [0.2, 0.25) is 0 Å². The number of nitrogens with zero attached hydrogens (tertiary/aromatic N) is 2. The van der Waals surface area contributed by atoms with Gasteiger partial charge >= 0.3 is 0 Å². The minimum absolute atomic E-state index is 0.692. The number of pyridine rings is 1. The van der Waals surface area contributed by atoms with Crippen molar-refractivity contribution < 1.29 is 0 Å². The Kier molecular flexibility index (Phi) is 2.02. The Hall–Kier alpha value is -0.610. The first-order valence-corrected chi connectivity index (χ1v) is 3.13. The van der Waals surface area contributed by atoms with Crippen LogP contribution in [0.15, 0.2) is 24.4 Å². The van der Waals surface area contributed by atoms with Crippen LogP contribution in [0.1, 0.15) is 0 Å². The molecule has 1 aromatic rings. The minimum atomic E-state index is 0.692. The van der Waals surface area contributed by atoms with E-state index in [4.69, 9.17) is 5.84 Å². The summed E-state index contributed by atoms with van der Waals surface area (Å²) >= 11 is 3.03. The normalized spacial score (nSPS) is 9.11. The van der Waals surface area contributed by atoms with Crippen molar-refractivity contribution in [3.8, 4) is 0 Å². The summed E-state index contributed by atoms with van der Waals surface area (Å²) in [6.45, 7) is 0.